The standard InChI is InChI=1S/C15H15BrN2O/c1-10-5-3-4-6-14(10)18(2)15(19)12-8-7-11(16)9-13(12)17/h3-9H,17H2,1-2H3. The number of hydrogen-bond acceptors (Lipinski definition) is 2. The molecule has 2 aromatic rings. The molecule has 0 saturated heterocycles. The van der Waals surface area contributed by atoms with E-state index >= 15 is 0 Å². The Kier molecular flexibility index (Phi) is 3.90. The minimum Gasteiger partial charge on any atom is -0.398 e. The summed E-state index contributed by atoms with van der Waals surface area (Å²) in [6, 6.07) is 13.0. The molecule has 3 nitrogen and oxygen atoms in total. The van der Waals surface area contributed by atoms with E-state index in [0.717, 1.165) is 15.7 Å². The molecule has 0 radical (unpaired) electrons. The lowest BCUT2D eigenvalue weighted by molar-refractivity contribution is 0.0993. The van der Waals surface area contributed by atoms with Crippen molar-refractivity contribution >= 4 is 33.2 Å². The zero-order valence-corrected chi connectivity index (χ0v) is 12.4. The molecular weight excluding hydrogens is 304 g/mol. The van der Waals surface area contributed by atoms with E-state index in [2.05, 4.69) is 15.9 Å². The molecule has 0 saturated carbocycles. The van der Waals surface area contributed by atoms with Crippen LogP contribution in [-0.4, -0.2) is 13.0 Å². The van der Waals surface area contributed by atoms with Crippen LogP contribution < -0.4 is 10.6 Å². The number of rotatable bonds is 2. The van der Waals surface area contributed by atoms with Crippen molar-refractivity contribution in [3.8, 4) is 0 Å². The number of para-hydroxylation sites is 1. The quantitative estimate of drug-likeness (QED) is 0.860. The van der Waals surface area contributed by atoms with E-state index in [4.69, 9.17) is 5.73 Å². The highest BCUT2D eigenvalue weighted by Gasteiger charge is 2.17. The molecule has 19 heavy (non-hydrogen) atoms. The van der Waals surface area contributed by atoms with Crippen LogP contribution in [0.4, 0.5) is 11.4 Å². The fourth-order valence-electron chi connectivity index (χ4n) is 1.96. The summed E-state index contributed by atoms with van der Waals surface area (Å²) >= 11 is 3.33. The minimum absolute atomic E-state index is 0.112. The summed E-state index contributed by atoms with van der Waals surface area (Å²) in [5.74, 6) is -0.112. The van der Waals surface area contributed by atoms with Gasteiger partial charge in [-0.25, -0.2) is 0 Å². The van der Waals surface area contributed by atoms with Crippen molar-refractivity contribution in [2.45, 2.75) is 6.92 Å². The fraction of sp³-hybridized carbons (Fsp3) is 0.133. The molecule has 2 rings (SSSR count). The molecule has 0 fully saturated rings. The molecule has 2 N–H and O–H groups in total. The van der Waals surface area contributed by atoms with Gasteiger partial charge in [-0.15, -0.1) is 0 Å². The van der Waals surface area contributed by atoms with E-state index < -0.39 is 0 Å². The maximum atomic E-state index is 12.5. The normalized spacial score (nSPS) is 10.3. The molecule has 1 amide bonds. The number of carbonyl (C=O) groups excluding carboxylic acids is 1. The second kappa shape index (κ2) is 5.45. The maximum Gasteiger partial charge on any atom is 0.260 e. The first-order valence-electron chi connectivity index (χ1n) is 5.89. The average Bonchev–Trinajstić information content (AvgIpc) is 2.38. The first kappa shape index (κ1) is 13.6. The van der Waals surface area contributed by atoms with Crippen LogP contribution in [-0.2, 0) is 0 Å². The predicted octanol–water partition coefficient (Wildman–Crippen LogP) is 3.62. The second-order valence-electron chi connectivity index (χ2n) is 4.38. The topological polar surface area (TPSA) is 46.3 Å². The van der Waals surface area contributed by atoms with Crippen LogP contribution in [0.2, 0.25) is 0 Å². The van der Waals surface area contributed by atoms with Gasteiger partial charge >= 0.3 is 0 Å². The van der Waals surface area contributed by atoms with Crippen molar-refractivity contribution in [2.75, 3.05) is 17.7 Å². The molecule has 4 heteroatoms. The van der Waals surface area contributed by atoms with Crippen molar-refractivity contribution in [3.63, 3.8) is 0 Å². The summed E-state index contributed by atoms with van der Waals surface area (Å²) in [7, 11) is 1.76. The fourth-order valence-corrected chi connectivity index (χ4v) is 2.34. The van der Waals surface area contributed by atoms with Crippen LogP contribution in [0.3, 0.4) is 0 Å². The summed E-state index contributed by atoms with van der Waals surface area (Å²) in [6.45, 7) is 1.98. The Balaban J connectivity index is 2.37. The molecule has 0 spiro atoms. The van der Waals surface area contributed by atoms with Crippen LogP contribution >= 0.6 is 15.9 Å². The van der Waals surface area contributed by atoms with Crippen LogP contribution in [0.1, 0.15) is 15.9 Å². The Labute approximate surface area is 121 Å². The Hall–Kier alpha value is -1.81. The summed E-state index contributed by atoms with van der Waals surface area (Å²) in [5, 5.41) is 0. The smallest absolute Gasteiger partial charge is 0.260 e. The molecule has 0 aliphatic carbocycles. The van der Waals surface area contributed by atoms with Crippen LogP contribution in [0.25, 0.3) is 0 Å². The van der Waals surface area contributed by atoms with Gasteiger partial charge in [0.2, 0.25) is 0 Å². The number of nitrogen functional groups attached to an aromatic ring is 1. The van der Waals surface area contributed by atoms with E-state index in [-0.39, 0.29) is 5.91 Å². The number of carbonyl (C=O) groups is 1. The lowest BCUT2D eigenvalue weighted by Gasteiger charge is -2.20. The zero-order chi connectivity index (χ0) is 14.0. The molecule has 0 unspecified atom stereocenters. The third-order valence-electron chi connectivity index (χ3n) is 3.03. The molecule has 0 aliphatic rings. The van der Waals surface area contributed by atoms with Crippen molar-refractivity contribution in [3.05, 3.63) is 58.1 Å². The van der Waals surface area contributed by atoms with Gasteiger partial charge in [0.05, 0.1) is 5.56 Å². The van der Waals surface area contributed by atoms with Crippen molar-refractivity contribution in [2.24, 2.45) is 0 Å². The number of hydrogen-bond donors (Lipinski definition) is 1. The number of nitrogens with zero attached hydrogens (tertiary/aromatic N) is 1. The van der Waals surface area contributed by atoms with Gasteiger partial charge in [0, 0.05) is 22.9 Å². The lowest BCUT2D eigenvalue weighted by Crippen LogP contribution is -2.27. The summed E-state index contributed by atoms with van der Waals surface area (Å²) < 4.78 is 0.861. The number of aryl methyl sites for hydroxylation is 1. The second-order valence-corrected chi connectivity index (χ2v) is 5.30. The first-order valence-corrected chi connectivity index (χ1v) is 6.68. The van der Waals surface area contributed by atoms with Gasteiger partial charge in [-0.05, 0) is 36.8 Å². The Morgan fingerprint density at radius 3 is 2.53 bits per heavy atom. The highest BCUT2D eigenvalue weighted by Crippen LogP contribution is 2.24. The van der Waals surface area contributed by atoms with Gasteiger partial charge in [0.15, 0.2) is 0 Å². The molecule has 0 aliphatic heterocycles. The van der Waals surface area contributed by atoms with E-state index in [0.29, 0.717) is 11.3 Å². The lowest BCUT2D eigenvalue weighted by atomic mass is 10.1. The molecular formula is C15H15BrN2O. The van der Waals surface area contributed by atoms with E-state index in [9.17, 15) is 4.79 Å². The molecule has 0 heterocycles. The predicted molar refractivity (Wildman–Crippen MR) is 82.5 cm³/mol. The van der Waals surface area contributed by atoms with E-state index in [1.54, 1.807) is 24.1 Å². The average molecular weight is 319 g/mol. The monoisotopic (exact) mass is 318 g/mol. The van der Waals surface area contributed by atoms with Gasteiger partial charge in [0.25, 0.3) is 5.91 Å². The molecule has 0 aromatic heterocycles. The van der Waals surface area contributed by atoms with Gasteiger partial charge in [-0.1, -0.05) is 34.1 Å². The van der Waals surface area contributed by atoms with Gasteiger partial charge in [0.1, 0.15) is 0 Å². The van der Waals surface area contributed by atoms with E-state index in [1.165, 1.54) is 0 Å². The molecule has 98 valence electrons. The van der Waals surface area contributed by atoms with Crippen molar-refractivity contribution < 1.29 is 4.79 Å². The third kappa shape index (κ3) is 2.79. The minimum atomic E-state index is -0.112. The molecule has 0 atom stereocenters. The Morgan fingerprint density at radius 1 is 1.21 bits per heavy atom. The number of nitrogens with two attached hydrogens (primary N) is 1. The number of benzene rings is 2. The molecule has 0 bridgehead atoms. The van der Waals surface area contributed by atoms with Gasteiger partial charge in [-0.2, -0.15) is 0 Å². The number of amides is 1. The van der Waals surface area contributed by atoms with Gasteiger partial charge in [-0.3, -0.25) is 4.79 Å². The highest BCUT2D eigenvalue weighted by atomic mass is 79.9. The highest BCUT2D eigenvalue weighted by molar-refractivity contribution is 9.10. The number of anilines is 2. The Morgan fingerprint density at radius 2 is 1.89 bits per heavy atom. The Bertz CT molecular complexity index is 625. The summed E-state index contributed by atoms with van der Waals surface area (Å²) in [5.41, 5.74) is 8.81. The maximum absolute atomic E-state index is 12.5. The summed E-state index contributed by atoms with van der Waals surface area (Å²) in [6.07, 6.45) is 0. The molecule has 2 aromatic carbocycles. The largest absolute Gasteiger partial charge is 0.398 e. The van der Waals surface area contributed by atoms with Crippen LogP contribution in [0.15, 0.2) is 46.9 Å². The van der Waals surface area contributed by atoms with E-state index in [1.807, 2.05) is 37.3 Å². The van der Waals surface area contributed by atoms with Crippen molar-refractivity contribution in [1.29, 1.82) is 0 Å². The van der Waals surface area contributed by atoms with Crippen molar-refractivity contribution in [1.82, 2.24) is 0 Å². The van der Waals surface area contributed by atoms with Gasteiger partial charge < -0.3 is 10.6 Å². The first-order chi connectivity index (χ1) is 9.00. The SMILES string of the molecule is Cc1ccccc1N(C)C(=O)c1ccc(Br)cc1N. The zero-order valence-electron chi connectivity index (χ0n) is 10.9. The number of halogens is 1. The third-order valence-corrected chi connectivity index (χ3v) is 3.52. The van der Waals surface area contributed by atoms with Crippen LogP contribution in [0, 0.1) is 6.92 Å². The van der Waals surface area contributed by atoms with Crippen LogP contribution in [0.5, 0.6) is 0 Å². The summed E-state index contributed by atoms with van der Waals surface area (Å²) in [4.78, 5) is 14.1.